The number of hydrogen-bond donors (Lipinski definition) is 0. The highest BCUT2D eigenvalue weighted by molar-refractivity contribution is 5.89. The van der Waals surface area contributed by atoms with Crippen LogP contribution in [0.1, 0.15) is 41.4 Å². The number of rotatable bonds is 2. The van der Waals surface area contributed by atoms with Gasteiger partial charge in [-0.1, -0.05) is 11.6 Å². The van der Waals surface area contributed by atoms with Gasteiger partial charge < -0.3 is 13.9 Å². The van der Waals surface area contributed by atoms with E-state index in [1.165, 1.54) is 6.07 Å². The molecule has 22 heavy (non-hydrogen) atoms. The average molecular weight is 300 g/mol. The van der Waals surface area contributed by atoms with E-state index in [4.69, 9.17) is 13.9 Å². The van der Waals surface area contributed by atoms with Crippen molar-refractivity contribution in [2.75, 3.05) is 6.61 Å². The Balaban J connectivity index is 2.20. The summed E-state index contributed by atoms with van der Waals surface area (Å²) in [7, 11) is 0. The lowest BCUT2D eigenvalue weighted by Gasteiger charge is -2.25. The van der Waals surface area contributed by atoms with Crippen LogP contribution in [0.3, 0.4) is 0 Å². The lowest BCUT2D eigenvalue weighted by molar-refractivity contribution is 0.0520. The summed E-state index contributed by atoms with van der Waals surface area (Å²) in [5.74, 6) is 0.439. The van der Waals surface area contributed by atoms with Crippen molar-refractivity contribution in [3.05, 3.63) is 51.4 Å². The van der Waals surface area contributed by atoms with E-state index in [9.17, 15) is 9.59 Å². The van der Waals surface area contributed by atoms with E-state index < -0.39 is 11.6 Å². The van der Waals surface area contributed by atoms with Gasteiger partial charge in [-0.25, -0.2) is 9.59 Å². The fourth-order valence-corrected chi connectivity index (χ4v) is 2.53. The Morgan fingerprint density at radius 2 is 2.09 bits per heavy atom. The fraction of sp³-hybridized carbons (Fsp3) is 0.294. The van der Waals surface area contributed by atoms with E-state index in [2.05, 4.69) is 0 Å². The third-order valence-corrected chi connectivity index (χ3v) is 3.59. The molecule has 1 aromatic carbocycles. The molecule has 1 aliphatic heterocycles. The van der Waals surface area contributed by atoms with Crippen molar-refractivity contribution < 1.29 is 18.7 Å². The number of aryl methyl sites for hydroxylation is 1. The van der Waals surface area contributed by atoms with Gasteiger partial charge in [0.15, 0.2) is 0 Å². The van der Waals surface area contributed by atoms with Crippen molar-refractivity contribution in [1.82, 2.24) is 0 Å². The third-order valence-electron chi connectivity index (χ3n) is 3.59. The number of carbonyl (C=O) groups is 1. The first-order chi connectivity index (χ1) is 10.5. The molecular weight excluding hydrogens is 284 g/mol. The first-order valence-corrected chi connectivity index (χ1v) is 7.14. The number of carbonyl (C=O) groups excluding carboxylic acids is 1. The molecule has 0 N–H and O–H groups in total. The second-order valence-corrected chi connectivity index (χ2v) is 5.21. The number of esters is 1. The van der Waals surface area contributed by atoms with E-state index in [0.29, 0.717) is 17.1 Å². The van der Waals surface area contributed by atoms with Crippen LogP contribution in [0.25, 0.3) is 11.3 Å². The van der Waals surface area contributed by atoms with Gasteiger partial charge in [-0.2, -0.15) is 0 Å². The van der Waals surface area contributed by atoms with Crippen LogP contribution in [0, 0.1) is 6.92 Å². The quantitative estimate of drug-likeness (QED) is 0.796. The Kier molecular flexibility index (Phi) is 3.48. The summed E-state index contributed by atoms with van der Waals surface area (Å²) in [6.45, 7) is 5.67. The number of hydrogen-bond acceptors (Lipinski definition) is 5. The van der Waals surface area contributed by atoms with Gasteiger partial charge in [0.05, 0.1) is 12.2 Å². The van der Waals surface area contributed by atoms with E-state index in [1.807, 2.05) is 32.0 Å². The monoisotopic (exact) mass is 300 g/mol. The average Bonchev–Trinajstić information content (AvgIpc) is 2.48. The molecule has 0 bridgehead atoms. The number of ether oxygens (including phenoxy) is 2. The molecule has 5 heteroatoms. The summed E-state index contributed by atoms with van der Waals surface area (Å²) in [6, 6.07) is 7.19. The van der Waals surface area contributed by atoms with Crippen molar-refractivity contribution >= 4 is 5.97 Å². The van der Waals surface area contributed by atoms with Crippen LogP contribution in [-0.4, -0.2) is 12.6 Å². The largest absolute Gasteiger partial charge is 0.485 e. The normalized spacial score (nSPS) is 15.5. The van der Waals surface area contributed by atoms with Crippen LogP contribution in [0.5, 0.6) is 5.75 Å². The van der Waals surface area contributed by atoms with Crippen molar-refractivity contribution in [3.63, 3.8) is 0 Å². The molecule has 114 valence electrons. The van der Waals surface area contributed by atoms with Crippen LogP contribution < -0.4 is 10.4 Å². The lowest BCUT2D eigenvalue weighted by atomic mass is 9.97. The molecule has 1 atom stereocenters. The molecule has 0 spiro atoms. The molecule has 0 fully saturated rings. The molecule has 2 aromatic rings. The van der Waals surface area contributed by atoms with Crippen molar-refractivity contribution in [2.45, 2.75) is 26.9 Å². The van der Waals surface area contributed by atoms with Gasteiger partial charge >= 0.3 is 11.6 Å². The Bertz CT molecular complexity index is 803. The molecule has 1 aliphatic rings. The molecule has 1 aromatic heterocycles. The maximum Gasteiger partial charge on any atom is 0.351 e. The minimum Gasteiger partial charge on any atom is -0.485 e. The third kappa shape index (κ3) is 2.28. The summed E-state index contributed by atoms with van der Waals surface area (Å²) >= 11 is 0. The maximum atomic E-state index is 12.1. The smallest absolute Gasteiger partial charge is 0.351 e. The highest BCUT2D eigenvalue weighted by Gasteiger charge is 2.28. The van der Waals surface area contributed by atoms with Crippen molar-refractivity contribution in [2.24, 2.45) is 0 Å². The molecule has 0 saturated heterocycles. The van der Waals surface area contributed by atoms with Crippen LogP contribution in [0.2, 0.25) is 0 Å². The standard InChI is InChI=1S/C17H16O5/c1-4-20-16(18)13-8-11-10(3)21-14-6-5-9(2)7-12(14)15(11)22-17(13)19/h5-8,10H,4H2,1-3H3/t10-/m1/s1. The summed E-state index contributed by atoms with van der Waals surface area (Å²) in [5.41, 5.74) is 1.62. The van der Waals surface area contributed by atoms with Crippen LogP contribution in [0.4, 0.5) is 0 Å². The molecule has 0 amide bonds. The lowest BCUT2D eigenvalue weighted by Crippen LogP contribution is -2.21. The fourth-order valence-electron chi connectivity index (χ4n) is 2.53. The summed E-state index contributed by atoms with van der Waals surface area (Å²) in [4.78, 5) is 23.9. The molecule has 0 radical (unpaired) electrons. The van der Waals surface area contributed by atoms with Gasteiger partial charge in [0, 0.05) is 5.56 Å². The SMILES string of the molecule is CCOC(=O)c1cc2c(oc1=O)-c1cc(C)ccc1O[C@@H]2C. The Hall–Kier alpha value is -2.56. The summed E-state index contributed by atoms with van der Waals surface area (Å²) in [6.07, 6.45) is -0.317. The molecule has 0 aliphatic carbocycles. The van der Waals surface area contributed by atoms with Crippen LogP contribution in [-0.2, 0) is 4.74 Å². The zero-order valence-corrected chi connectivity index (χ0v) is 12.6. The topological polar surface area (TPSA) is 65.7 Å². The van der Waals surface area contributed by atoms with E-state index in [1.54, 1.807) is 6.92 Å². The predicted molar refractivity (Wildman–Crippen MR) is 80.2 cm³/mol. The van der Waals surface area contributed by atoms with Gasteiger partial charge in [-0.3, -0.25) is 0 Å². The van der Waals surface area contributed by atoms with E-state index >= 15 is 0 Å². The zero-order chi connectivity index (χ0) is 15.9. The number of benzene rings is 1. The van der Waals surface area contributed by atoms with Gasteiger partial charge in [-0.15, -0.1) is 0 Å². The van der Waals surface area contributed by atoms with Crippen LogP contribution >= 0.6 is 0 Å². The summed E-state index contributed by atoms with van der Waals surface area (Å²) < 4.78 is 16.1. The first kappa shape index (κ1) is 14.4. The van der Waals surface area contributed by atoms with Crippen LogP contribution in [0.15, 0.2) is 33.5 Å². The van der Waals surface area contributed by atoms with Gasteiger partial charge in [0.25, 0.3) is 0 Å². The van der Waals surface area contributed by atoms with Gasteiger partial charge in [0.2, 0.25) is 0 Å². The highest BCUT2D eigenvalue weighted by Crippen LogP contribution is 2.42. The predicted octanol–water partition coefficient (Wildman–Crippen LogP) is 3.25. The first-order valence-electron chi connectivity index (χ1n) is 7.14. The maximum absolute atomic E-state index is 12.1. The van der Waals surface area contributed by atoms with Crippen molar-refractivity contribution in [3.8, 4) is 17.1 Å². The second kappa shape index (κ2) is 5.33. The molecule has 3 rings (SSSR count). The van der Waals surface area contributed by atoms with E-state index in [-0.39, 0.29) is 18.3 Å². The van der Waals surface area contributed by atoms with Crippen molar-refractivity contribution in [1.29, 1.82) is 0 Å². The molecule has 2 heterocycles. The van der Waals surface area contributed by atoms with Gasteiger partial charge in [-0.05, 0) is 39.0 Å². The highest BCUT2D eigenvalue weighted by atomic mass is 16.5. The Morgan fingerprint density at radius 3 is 2.82 bits per heavy atom. The summed E-state index contributed by atoms with van der Waals surface area (Å²) in [5, 5.41) is 0. The van der Waals surface area contributed by atoms with E-state index in [0.717, 1.165) is 11.1 Å². The molecule has 5 nitrogen and oxygen atoms in total. The zero-order valence-electron chi connectivity index (χ0n) is 12.6. The second-order valence-electron chi connectivity index (χ2n) is 5.21. The Morgan fingerprint density at radius 1 is 1.32 bits per heavy atom. The molecular formula is C17H16O5. The molecule has 0 saturated carbocycles. The minimum atomic E-state index is -0.696. The number of fused-ring (bicyclic) bond motifs is 3. The Labute approximate surface area is 127 Å². The van der Waals surface area contributed by atoms with Gasteiger partial charge in [0.1, 0.15) is 23.2 Å². The molecule has 0 unspecified atom stereocenters. The minimum absolute atomic E-state index is 0.104.